The lowest BCUT2D eigenvalue weighted by atomic mass is 10.1. The van der Waals surface area contributed by atoms with Crippen molar-refractivity contribution in [2.45, 2.75) is 33.4 Å². The van der Waals surface area contributed by atoms with E-state index in [4.69, 9.17) is 13.9 Å². The van der Waals surface area contributed by atoms with Gasteiger partial charge in [0, 0.05) is 32.4 Å². The van der Waals surface area contributed by atoms with Gasteiger partial charge in [-0.25, -0.2) is 4.79 Å². The largest absolute Gasteiger partial charge is 0.486 e. The molecule has 0 aliphatic carbocycles. The minimum Gasteiger partial charge on any atom is -0.486 e. The van der Waals surface area contributed by atoms with Crippen molar-refractivity contribution in [3.05, 3.63) is 78.0 Å². The molecule has 0 spiro atoms. The van der Waals surface area contributed by atoms with Crippen LogP contribution in [-0.2, 0) is 16.1 Å². The van der Waals surface area contributed by atoms with Crippen LogP contribution in [0.3, 0.4) is 0 Å². The van der Waals surface area contributed by atoms with Crippen LogP contribution in [0, 0.1) is 6.92 Å². The zero-order valence-corrected chi connectivity index (χ0v) is 23.3. The zero-order chi connectivity index (χ0) is 28.9. The highest BCUT2D eigenvalue weighted by molar-refractivity contribution is 6.02. The highest BCUT2D eigenvalue weighted by Gasteiger charge is 2.29. The number of carbonyl (C=O) groups excluding carboxylic acids is 3. The lowest BCUT2D eigenvalue weighted by molar-refractivity contribution is -0.136. The fraction of sp³-hybridized carbons (Fsp3) is 0.333. The monoisotopic (exact) mass is 559 g/mol. The molecule has 1 fully saturated rings. The second kappa shape index (κ2) is 12.2. The third-order valence-electron chi connectivity index (χ3n) is 7.02. The Bertz CT molecular complexity index is 1550. The first-order valence-electron chi connectivity index (χ1n) is 13.6. The molecular formula is C30H33N5O6. The minimum absolute atomic E-state index is 0.115. The lowest BCUT2D eigenvalue weighted by Gasteiger charge is -2.35. The molecule has 214 valence electrons. The number of benzene rings is 2. The number of rotatable bonds is 8. The number of nitrogens with zero attached hydrogens (tertiary/aromatic N) is 4. The van der Waals surface area contributed by atoms with Gasteiger partial charge in [0.2, 0.25) is 5.91 Å². The maximum atomic E-state index is 13.1. The van der Waals surface area contributed by atoms with E-state index in [9.17, 15) is 14.4 Å². The van der Waals surface area contributed by atoms with E-state index in [2.05, 4.69) is 10.4 Å². The summed E-state index contributed by atoms with van der Waals surface area (Å²) >= 11 is 0. The molecule has 1 saturated heterocycles. The molecule has 4 aromatic rings. The summed E-state index contributed by atoms with van der Waals surface area (Å²) in [5.41, 5.74) is 1.05. The molecule has 3 amide bonds. The number of ether oxygens (including phenoxy) is 2. The number of piperazine rings is 1. The first-order valence-corrected chi connectivity index (χ1v) is 13.6. The Morgan fingerprint density at radius 3 is 2.49 bits per heavy atom. The molecule has 1 atom stereocenters. The first-order chi connectivity index (χ1) is 19.8. The van der Waals surface area contributed by atoms with E-state index in [1.807, 2.05) is 42.5 Å². The Morgan fingerprint density at radius 1 is 1.00 bits per heavy atom. The second-order valence-electron chi connectivity index (χ2n) is 9.81. The highest BCUT2D eigenvalue weighted by Crippen LogP contribution is 2.23. The summed E-state index contributed by atoms with van der Waals surface area (Å²) in [5.74, 6) is 0.809. The molecule has 0 saturated carbocycles. The maximum absolute atomic E-state index is 13.1. The molecule has 3 heterocycles. The minimum atomic E-state index is -0.587. The number of hydrogen-bond donors (Lipinski definition) is 1. The second-order valence-corrected chi connectivity index (χ2v) is 9.81. The number of anilines is 1. The number of aryl methyl sites for hydroxylation is 1. The third-order valence-corrected chi connectivity index (χ3v) is 7.02. The summed E-state index contributed by atoms with van der Waals surface area (Å²) < 4.78 is 18.2. The molecule has 41 heavy (non-hydrogen) atoms. The summed E-state index contributed by atoms with van der Waals surface area (Å²) in [4.78, 5) is 41.2. The van der Waals surface area contributed by atoms with Gasteiger partial charge in [-0.05, 0) is 55.8 Å². The van der Waals surface area contributed by atoms with Gasteiger partial charge < -0.3 is 29.0 Å². The van der Waals surface area contributed by atoms with E-state index < -0.39 is 11.9 Å². The molecule has 1 unspecified atom stereocenters. The number of amides is 3. The summed E-state index contributed by atoms with van der Waals surface area (Å²) in [5, 5.41) is 9.47. The third kappa shape index (κ3) is 6.34. The SMILES string of the molecule is CCOC(=O)N1CCN(C(=O)C(C)n2cc(NC(=O)c3ccc(COc4ccc5ccccc5c4)o3)c(C)n2)CC1. The van der Waals surface area contributed by atoms with E-state index in [1.165, 1.54) is 4.68 Å². The van der Waals surface area contributed by atoms with Crippen LogP contribution in [0.2, 0.25) is 0 Å². The lowest BCUT2D eigenvalue weighted by Crippen LogP contribution is -2.52. The van der Waals surface area contributed by atoms with Gasteiger partial charge in [-0.3, -0.25) is 14.3 Å². The van der Waals surface area contributed by atoms with Gasteiger partial charge in [0.15, 0.2) is 5.76 Å². The average Bonchev–Trinajstić information content (AvgIpc) is 3.62. The van der Waals surface area contributed by atoms with Gasteiger partial charge in [-0.15, -0.1) is 0 Å². The number of furan rings is 1. The fourth-order valence-electron chi connectivity index (χ4n) is 4.68. The van der Waals surface area contributed by atoms with Crippen molar-refractivity contribution in [2.75, 3.05) is 38.1 Å². The molecule has 11 heteroatoms. The normalized spacial score (nSPS) is 14.1. The Morgan fingerprint density at radius 2 is 1.73 bits per heavy atom. The average molecular weight is 560 g/mol. The van der Waals surface area contributed by atoms with Gasteiger partial charge in [0.05, 0.1) is 18.0 Å². The molecule has 11 nitrogen and oxygen atoms in total. The Balaban J connectivity index is 1.15. The highest BCUT2D eigenvalue weighted by atomic mass is 16.6. The van der Waals surface area contributed by atoms with Crippen molar-refractivity contribution in [1.29, 1.82) is 0 Å². The summed E-state index contributed by atoms with van der Waals surface area (Å²) in [6, 6.07) is 16.6. The van der Waals surface area contributed by atoms with Gasteiger partial charge in [-0.1, -0.05) is 30.3 Å². The van der Waals surface area contributed by atoms with Crippen LogP contribution in [0.25, 0.3) is 10.8 Å². The van der Waals surface area contributed by atoms with Crippen molar-refractivity contribution in [2.24, 2.45) is 0 Å². The molecule has 5 rings (SSSR count). The predicted octanol–water partition coefficient (Wildman–Crippen LogP) is 4.63. The van der Waals surface area contributed by atoms with Gasteiger partial charge in [-0.2, -0.15) is 5.10 Å². The van der Waals surface area contributed by atoms with Crippen molar-refractivity contribution < 1.29 is 28.3 Å². The number of fused-ring (bicyclic) bond motifs is 1. The van der Waals surface area contributed by atoms with Crippen LogP contribution in [-0.4, -0.2) is 70.3 Å². The van der Waals surface area contributed by atoms with Crippen LogP contribution in [0.5, 0.6) is 5.75 Å². The molecule has 0 bridgehead atoms. The van der Waals surface area contributed by atoms with E-state index in [1.54, 1.807) is 48.9 Å². The topological polar surface area (TPSA) is 119 Å². The van der Waals surface area contributed by atoms with Gasteiger partial charge in [0.1, 0.15) is 24.2 Å². The smallest absolute Gasteiger partial charge is 0.409 e. The summed E-state index contributed by atoms with van der Waals surface area (Å²) in [6.07, 6.45) is 1.27. The maximum Gasteiger partial charge on any atom is 0.409 e. The summed E-state index contributed by atoms with van der Waals surface area (Å²) in [7, 11) is 0. The van der Waals surface area contributed by atoms with Gasteiger partial charge >= 0.3 is 6.09 Å². The molecule has 1 aliphatic heterocycles. The van der Waals surface area contributed by atoms with Crippen molar-refractivity contribution in [3.8, 4) is 5.75 Å². The quantitative estimate of drug-likeness (QED) is 0.334. The molecule has 2 aromatic carbocycles. The standard InChI is InChI=1S/C30H33N5O6/c1-4-39-30(38)34-15-13-33(14-16-34)29(37)21(3)35-18-26(20(2)32-35)31-28(36)27-12-11-25(41-27)19-40-24-10-9-22-7-5-6-8-23(22)17-24/h5-12,17-18,21H,4,13-16,19H2,1-3H3,(H,31,36). The molecular weight excluding hydrogens is 526 g/mol. The Labute approximate surface area is 237 Å². The van der Waals surface area contributed by atoms with Crippen LogP contribution >= 0.6 is 0 Å². The van der Waals surface area contributed by atoms with Crippen LogP contribution in [0.4, 0.5) is 10.5 Å². The van der Waals surface area contributed by atoms with E-state index in [0.29, 0.717) is 55.7 Å². The zero-order valence-electron chi connectivity index (χ0n) is 23.3. The molecule has 1 N–H and O–H groups in total. The van der Waals surface area contributed by atoms with Crippen molar-refractivity contribution in [3.63, 3.8) is 0 Å². The number of aromatic nitrogens is 2. The number of carbonyl (C=O) groups is 3. The van der Waals surface area contributed by atoms with Crippen LogP contribution in [0.1, 0.15) is 41.9 Å². The van der Waals surface area contributed by atoms with Crippen LogP contribution < -0.4 is 10.1 Å². The summed E-state index contributed by atoms with van der Waals surface area (Å²) in [6.45, 7) is 7.42. The molecule has 1 aliphatic rings. The Hall–Kier alpha value is -4.80. The fourth-order valence-corrected chi connectivity index (χ4v) is 4.68. The molecule has 0 radical (unpaired) electrons. The number of nitrogens with one attached hydrogen (secondary N) is 1. The first kappa shape index (κ1) is 27.8. The van der Waals surface area contributed by atoms with Crippen LogP contribution in [0.15, 0.2) is 65.2 Å². The molecule has 2 aromatic heterocycles. The predicted molar refractivity (Wildman–Crippen MR) is 152 cm³/mol. The number of hydrogen-bond acceptors (Lipinski definition) is 7. The van der Waals surface area contributed by atoms with Crippen molar-refractivity contribution >= 4 is 34.4 Å². The van der Waals surface area contributed by atoms with E-state index >= 15 is 0 Å². The Kier molecular flexibility index (Phi) is 8.23. The van der Waals surface area contributed by atoms with Gasteiger partial charge in [0.25, 0.3) is 5.91 Å². The van der Waals surface area contributed by atoms with E-state index in [-0.39, 0.29) is 24.4 Å². The van der Waals surface area contributed by atoms with Crippen molar-refractivity contribution in [1.82, 2.24) is 19.6 Å². The van der Waals surface area contributed by atoms with E-state index in [0.717, 1.165) is 10.8 Å².